The molecular weight excluding hydrogens is 287 g/mol. The highest BCUT2D eigenvalue weighted by Crippen LogP contribution is 2.35. The molecule has 0 amide bonds. The van der Waals surface area contributed by atoms with Gasteiger partial charge in [0, 0.05) is 7.05 Å². The number of fused-ring (bicyclic) bond motifs is 1. The van der Waals surface area contributed by atoms with Gasteiger partial charge in [-0.25, -0.2) is 9.97 Å². The summed E-state index contributed by atoms with van der Waals surface area (Å²) in [6, 6.07) is 5.17. The molecule has 0 N–H and O–H groups in total. The summed E-state index contributed by atoms with van der Waals surface area (Å²) in [6.07, 6.45) is 3.06. The number of aryl methyl sites for hydroxylation is 1. The van der Waals surface area contributed by atoms with E-state index in [1.807, 2.05) is 0 Å². The molecule has 0 aliphatic heterocycles. The first-order valence-electron chi connectivity index (χ1n) is 5.41. The molecule has 0 aliphatic rings. The number of rotatable bonds is 2. The van der Waals surface area contributed by atoms with Crippen molar-refractivity contribution in [2.45, 2.75) is 0 Å². The highest BCUT2D eigenvalue weighted by Gasteiger charge is 2.12. The normalized spacial score (nSPS) is 10.9. The van der Waals surface area contributed by atoms with Crippen LogP contribution in [0.2, 0.25) is 10.0 Å². The first-order chi connectivity index (χ1) is 9.16. The second-order valence-corrected chi connectivity index (χ2v) is 4.62. The van der Waals surface area contributed by atoms with Gasteiger partial charge in [-0.1, -0.05) is 29.3 Å². The van der Waals surface area contributed by atoms with E-state index < -0.39 is 0 Å². The Bertz CT molecular complexity index is 757. The van der Waals surface area contributed by atoms with E-state index in [1.54, 1.807) is 36.1 Å². The molecule has 2 heterocycles. The molecule has 3 rings (SSSR count). The topological polar surface area (TPSA) is 52.8 Å². The third-order valence-corrected chi connectivity index (χ3v) is 3.42. The Morgan fingerprint density at radius 1 is 1.21 bits per heavy atom. The maximum atomic E-state index is 6.08. The summed E-state index contributed by atoms with van der Waals surface area (Å²) in [5, 5.41) is 5.60. The Balaban J connectivity index is 2.08. The molecule has 7 heteroatoms. The molecule has 0 aliphatic carbocycles. The molecule has 3 aromatic rings. The lowest BCUT2D eigenvalue weighted by atomic mass is 10.3. The fraction of sp³-hybridized carbons (Fsp3) is 0.0833. The first kappa shape index (κ1) is 12.2. The second-order valence-electron chi connectivity index (χ2n) is 3.84. The Hall–Kier alpha value is -1.85. The van der Waals surface area contributed by atoms with Crippen LogP contribution in [0.1, 0.15) is 0 Å². The van der Waals surface area contributed by atoms with E-state index in [0.29, 0.717) is 32.7 Å². The summed E-state index contributed by atoms with van der Waals surface area (Å²) in [4.78, 5) is 8.23. The van der Waals surface area contributed by atoms with E-state index in [1.165, 1.54) is 6.33 Å². The van der Waals surface area contributed by atoms with Gasteiger partial charge in [0.2, 0.25) is 5.88 Å². The SMILES string of the molecule is Cn1ncc2c(Oc3cccc(Cl)c3Cl)ncnc21. The minimum atomic E-state index is 0.347. The van der Waals surface area contributed by atoms with E-state index in [9.17, 15) is 0 Å². The van der Waals surface area contributed by atoms with Gasteiger partial charge >= 0.3 is 0 Å². The predicted octanol–water partition coefficient (Wildman–Crippen LogP) is 3.46. The van der Waals surface area contributed by atoms with Crippen LogP contribution >= 0.6 is 23.2 Å². The summed E-state index contributed by atoms with van der Waals surface area (Å²) in [5.41, 5.74) is 0.683. The molecule has 0 fully saturated rings. The number of nitrogens with zero attached hydrogens (tertiary/aromatic N) is 4. The van der Waals surface area contributed by atoms with E-state index in [0.717, 1.165) is 0 Å². The molecule has 0 atom stereocenters. The number of aromatic nitrogens is 4. The van der Waals surface area contributed by atoms with E-state index >= 15 is 0 Å². The highest BCUT2D eigenvalue weighted by atomic mass is 35.5. The molecule has 1 aromatic carbocycles. The van der Waals surface area contributed by atoms with Crippen molar-refractivity contribution in [2.24, 2.45) is 7.05 Å². The summed E-state index contributed by atoms with van der Waals surface area (Å²) >= 11 is 12.0. The van der Waals surface area contributed by atoms with Crippen LogP contribution in [-0.2, 0) is 7.05 Å². The molecule has 0 radical (unpaired) electrons. The molecule has 0 saturated heterocycles. The summed E-state index contributed by atoms with van der Waals surface area (Å²) in [7, 11) is 1.80. The van der Waals surface area contributed by atoms with Crippen molar-refractivity contribution in [3.8, 4) is 11.6 Å². The van der Waals surface area contributed by atoms with Gasteiger partial charge in [0.25, 0.3) is 0 Å². The van der Waals surface area contributed by atoms with Gasteiger partial charge in [0.15, 0.2) is 5.65 Å². The number of ether oxygens (including phenoxy) is 1. The third-order valence-electron chi connectivity index (χ3n) is 2.62. The van der Waals surface area contributed by atoms with Gasteiger partial charge in [0.1, 0.15) is 22.5 Å². The summed E-state index contributed by atoms with van der Waals surface area (Å²) in [6.45, 7) is 0. The van der Waals surface area contributed by atoms with Crippen LogP contribution in [0.25, 0.3) is 11.0 Å². The number of benzene rings is 1. The van der Waals surface area contributed by atoms with Gasteiger partial charge in [-0.3, -0.25) is 4.68 Å². The Labute approximate surface area is 118 Å². The van der Waals surface area contributed by atoms with Crippen molar-refractivity contribution in [3.05, 3.63) is 40.8 Å². The quantitative estimate of drug-likeness (QED) is 0.726. The molecule has 0 saturated carbocycles. The fourth-order valence-electron chi connectivity index (χ4n) is 1.69. The second kappa shape index (κ2) is 4.68. The smallest absolute Gasteiger partial charge is 0.233 e. The van der Waals surface area contributed by atoms with E-state index in [4.69, 9.17) is 27.9 Å². The predicted molar refractivity (Wildman–Crippen MR) is 72.8 cm³/mol. The van der Waals surface area contributed by atoms with Crippen LogP contribution in [0.4, 0.5) is 0 Å². The standard InChI is InChI=1S/C12H8Cl2N4O/c1-18-11-7(5-17-18)12(16-6-15-11)19-9-4-2-3-8(13)10(9)14/h2-6H,1H3. The molecule has 19 heavy (non-hydrogen) atoms. The van der Waals surface area contributed by atoms with Gasteiger partial charge in [-0.05, 0) is 12.1 Å². The highest BCUT2D eigenvalue weighted by molar-refractivity contribution is 6.42. The lowest BCUT2D eigenvalue weighted by Gasteiger charge is -2.07. The lowest BCUT2D eigenvalue weighted by molar-refractivity contribution is 0.468. The monoisotopic (exact) mass is 294 g/mol. The fourth-order valence-corrected chi connectivity index (χ4v) is 2.02. The molecule has 5 nitrogen and oxygen atoms in total. The van der Waals surface area contributed by atoms with Gasteiger partial charge < -0.3 is 4.74 Å². The zero-order valence-corrected chi connectivity index (χ0v) is 11.4. The Morgan fingerprint density at radius 2 is 2.05 bits per heavy atom. The summed E-state index contributed by atoms with van der Waals surface area (Å²) < 4.78 is 7.34. The molecule has 96 valence electrons. The van der Waals surface area contributed by atoms with Crippen LogP contribution < -0.4 is 4.74 Å². The average molecular weight is 295 g/mol. The molecule has 2 aromatic heterocycles. The zero-order valence-electron chi connectivity index (χ0n) is 9.84. The Morgan fingerprint density at radius 3 is 2.89 bits per heavy atom. The number of halogens is 2. The zero-order chi connectivity index (χ0) is 13.4. The van der Waals surface area contributed by atoms with Crippen molar-refractivity contribution in [1.82, 2.24) is 19.7 Å². The van der Waals surface area contributed by atoms with Crippen LogP contribution in [0.5, 0.6) is 11.6 Å². The van der Waals surface area contributed by atoms with Crippen LogP contribution in [-0.4, -0.2) is 19.7 Å². The largest absolute Gasteiger partial charge is 0.436 e. The Kier molecular flexibility index (Phi) is 3.00. The first-order valence-corrected chi connectivity index (χ1v) is 6.17. The molecular formula is C12H8Cl2N4O. The van der Waals surface area contributed by atoms with E-state index in [-0.39, 0.29) is 0 Å². The van der Waals surface area contributed by atoms with Crippen molar-refractivity contribution < 1.29 is 4.74 Å². The lowest BCUT2D eigenvalue weighted by Crippen LogP contribution is -1.94. The van der Waals surface area contributed by atoms with Gasteiger partial charge in [-0.15, -0.1) is 0 Å². The van der Waals surface area contributed by atoms with Crippen LogP contribution in [0, 0.1) is 0 Å². The van der Waals surface area contributed by atoms with Crippen molar-refractivity contribution >= 4 is 34.2 Å². The maximum Gasteiger partial charge on any atom is 0.233 e. The van der Waals surface area contributed by atoms with Crippen LogP contribution in [0.3, 0.4) is 0 Å². The average Bonchev–Trinajstić information content (AvgIpc) is 2.78. The van der Waals surface area contributed by atoms with Crippen molar-refractivity contribution in [2.75, 3.05) is 0 Å². The third kappa shape index (κ3) is 2.11. The van der Waals surface area contributed by atoms with Crippen molar-refractivity contribution in [3.63, 3.8) is 0 Å². The number of hydrogen-bond donors (Lipinski definition) is 0. The van der Waals surface area contributed by atoms with Gasteiger partial charge in [-0.2, -0.15) is 5.10 Å². The maximum absolute atomic E-state index is 6.08. The van der Waals surface area contributed by atoms with Gasteiger partial charge in [0.05, 0.1) is 11.2 Å². The molecule has 0 unspecified atom stereocenters. The number of hydrogen-bond acceptors (Lipinski definition) is 4. The molecule has 0 bridgehead atoms. The van der Waals surface area contributed by atoms with Crippen molar-refractivity contribution in [1.29, 1.82) is 0 Å². The minimum absolute atomic E-state index is 0.347. The van der Waals surface area contributed by atoms with Crippen LogP contribution in [0.15, 0.2) is 30.7 Å². The molecule has 0 spiro atoms. The van der Waals surface area contributed by atoms with E-state index in [2.05, 4.69) is 15.1 Å². The minimum Gasteiger partial charge on any atom is -0.436 e. The summed E-state index contributed by atoms with van der Waals surface area (Å²) in [5.74, 6) is 0.834.